The molecule has 182 valence electrons. The maximum atomic E-state index is 13.2. The van der Waals surface area contributed by atoms with Gasteiger partial charge in [-0.3, -0.25) is 9.59 Å². The van der Waals surface area contributed by atoms with Crippen LogP contribution in [0.1, 0.15) is 40.4 Å². The number of nitrogens with zero attached hydrogens (tertiary/aromatic N) is 2. The number of hydrogen-bond donors (Lipinski definition) is 1. The molecule has 5 rings (SSSR count). The second-order valence-electron chi connectivity index (χ2n) is 8.72. The van der Waals surface area contributed by atoms with Crippen LogP contribution >= 0.6 is 0 Å². The van der Waals surface area contributed by atoms with Gasteiger partial charge in [0.25, 0.3) is 11.7 Å². The van der Waals surface area contributed by atoms with Crippen LogP contribution in [0, 0.1) is 0 Å². The number of hydrogen-bond acceptors (Lipinski definition) is 8. The lowest BCUT2D eigenvalue weighted by Gasteiger charge is -2.27. The third kappa shape index (κ3) is 4.23. The van der Waals surface area contributed by atoms with E-state index in [-0.39, 0.29) is 18.1 Å². The highest BCUT2D eigenvalue weighted by atomic mass is 16.7. The fourth-order valence-corrected chi connectivity index (χ4v) is 4.83. The van der Waals surface area contributed by atoms with Crippen LogP contribution in [0.2, 0.25) is 0 Å². The van der Waals surface area contributed by atoms with Crippen molar-refractivity contribution in [3.8, 4) is 11.5 Å². The zero-order valence-corrected chi connectivity index (χ0v) is 19.4. The molecule has 0 aromatic heterocycles. The average molecular weight is 479 g/mol. The third-order valence-corrected chi connectivity index (χ3v) is 6.69. The standard InChI is InChI=1S/C26H26N2O7/c1-33-26(32)17-6-4-16(5-7-17)22-21(23(29)18-8-9-19-20(14-18)35-15-34-19)24(30)25(31)28(22)13-12-27-10-2-3-11-27/h4-9,14,22,29H,2-3,10-13,15H2,1H3/b23-21+. The lowest BCUT2D eigenvalue weighted by Crippen LogP contribution is -2.37. The minimum atomic E-state index is -0.797. The SMILES string of the molecule is COC(=O)c1ccc(C2/C(=C(\O)c3ccc4c(c3)OCO4)C(=O)C(=O)N2CCN2CCCC2)cc1. The van der Waals surface area contributed by atoms with Gasteiger partial charge in [0.2, 0.25) is 6.79 Å². The highest BCUT2D eigenvalue weighted by molar-refractivity contribution is 6.46. The first-order valence-electron chi connectivity index (χ1n) is 11.6. The van der Waals surface area contributed by atoms with Gasteiger partial charge in [0.15, 0.2) is 11.5 Å². The number of ketones is 1. The first-order chi connectivity index (χ1) is 17.0. The Morgan fingerprint density at radius 2 is 1.69 bits per heavy atom. The van der Waals surface area contributed by atoms with Crippen molar-refractivity contribution < 1.29 is 33.7 Å². The van der Waals surface area contributed by atoms with Gasteiger partial charge in [0, 0.05) is 18.7 Å². The molecule has 2 saturated heterocycles. The van der Waals surface area contributed by atoms with Crippen molar-refractivity contribution >= 4 is 23.4 Å². The largest absolute Gasteiger partial charge is 0.507 e. The van der Waals surface area contributed by atoms with Crippen LogP contribution in [0.3, 0.4) is 0 Å². The summed E-state index contributed by atoms with van der Waals surface area (Å²) < 4.78 is 15.5. The fraction of sp³-hybridized carbons (Fsp3) is 0.346. The van der Waals surface area contributed by atoms with Gasteiger partial charge >= 0.3 is 5.97 Å². The summed E-state index contributed by atoms with van der Waals surface area (Å²) in [5.74, 6) is -1.18. The number of benzene rings is 2. The van der Waals surface area contributed by atoms with Crippen LogP contribution in [-0.4, -0.2) is 72.6 Å². The van der Waals surface area contributed by atoms with E-state index in [0.29, 0.717) is 41.3 Å². The molecule has 2 fully saturated rings. The van der Waals surface area contributed by atoms with Crippen LogP contribution in [0.25, 0.3) is 5.76 Å². The normalized spacial score (nSPS) is 21.1. The van der Waals surface area contributed by atoms with E-state index < -0.39 is 23.7 Å². The third-order valence-electron chi connectivity index (χ3n) is 6.69. The number of carbonyl (C=O) groups excluding carboxylic acids is 3. The maximum absolute atomic E-state index is 13.2. The maximum Gasteiger partial charge on any atom is 0.337 e. The molecular weight excluding hydrogens is 452 g/mol. The molecule has 2 aromatic rings. The molecule has 0 saturated carbocycles. The number of likely N-dealkylation sites (tertiary alicyclic amines) is 2. The Hall–Kier alpha value is -3.85. The van der Waals surface area contributed by atoms with E-state index in [1.165, 1.54) is 12.0 Å². The summed E-state index contributed by atoms with van der Waals surface area (Å²) in [4.78, 5) is 42.0. The van der Waals surface area contributed by atoms with Crippen LogP contribution in [0.5, 0.6) is 11.5 Å². The van der Waals surface area contributed by atoms with Crippen molar-refractivity contribution in [3.63, 3.8) is 0 Å². The van der Waals surface area contributed by atoms with E-state index in [1.807, 2.05) is 0 Å². The van der Waals surface area contributed by atoms with Gasteiger partial charge in [-0.1, -0.05) is 12.1 Å². The Kier molecular flexibility index (Phi) is 6.17. The quantitative estimate of drug-likeness (QED) is 0.292. The van der Waals surface area contributed by atoms with Gasteiger partial charge in [0.1, 0.15) is 5.76 Å². The number of aliphatic hydroxyl groups excluding tert-OH is 1. The predicted octanol–water partition coefficient (Wildman–Crippen LogP) is 2.72. The highest BCUT2D eigenvalue weighted by Crippen LogP contribution is 2.41. The monoisotopic (exact) mass is 478 g/mol. The number of amides is 1. The van der Waals surface area contributed by atoms with Crippen molar-refractivity contribution in [3.05, 3.63) is 64.7 Å². The van der Waals surface area contributed by atoms with Crippen molar-refractivity contribution in [2.75, 3.05) is 40.1 Å². The molecule has 9 nitrogen and oxygen atoms in total. The number of fused-ring (bicyclic) bond motifs is 1. The van der Waals surface area contributed by atoms with Gasteiger partial charge in [-0.15, -0.1) is 0 Å². The van der Waals surface area contributed by atoms with E-state index in [1.54, 1.807) is 42.5 Å². The zero-order chi connectivity index (χ0) is 24.5. The number of carbonyl (C=O) groups is 3. The van der Waals surface area contributed by atoms with Gasteiger partial charge in [-0.25, -0.2) is 4.79 Å². The molecule has 2 aromatic carbocycles. The number of ether oxygens (including phenoxy) is 3. The van der Waals surface area contributed by atoms with Gasteiger partial charge in [0.05, 0.1) is 24.3 Å². The van der Waals surface area contributed by atoms with Crippen molar-refractivity contribution in [2.45, 2.75) is 18.9 Å². The van der Waals surface area contributed by atoms with E-state index in [0.717, 1.165) is 25.9 Å². The molecule has 0 radical (unpaired) electrons. The molecule has 1 amide bonds. The number of aliphatic hydroxyl groups is 1. The Morgan fingerprint density at radius 1 is 1.00 bits per heavy atom. The first-order valence-corrected chi connectivity index (χ1v) is 11.6. The lowest BCUT2D eigenvalue weighted by molar-refractivity contribution is -0.140. The Balaban J connectivity index is 1.55. The topological polar surface area (TPSA) is 106 Å². The summed E-state index contributed by atoms with van der Waals surface area (Å²) in [6, 6.07) is 10.6. The van der Waals surface area contributed by atoms with Gasteiger partial charge < -0.3 is 29.1 Å². The summed E-state index contributed by atoms with van der Waals surface area (Å²) in [5.41, 5.74) is 1.31. The average Bonchev–Trinajstić information content (AvgIpc) is 3.62. The minimum absolute atomic E-state index is 0.00102. The molecule has 35 heavy (non-hydrogen) atoms. The van der Waals surface area contributed by atoms with E-state index in [2.05, 4.69) is 4.90 Å². The Bertz CT molecular complexity index is 1200. The molecule has 3 heterocycles. The van der Waals surface area contributed by atoms with Crippen molar-refractivity contribution in [2.24, 2.45) is 0 Å². The van der Waals surface area contributed by atoms with Crippen molar-refractivity contribution in [1.82, 2.24) is 9.80 Å². The molecule has 1 N–H and O–H groups in total. The van der Waals surface area contributed by atoms with Crippen LogP contribution < -0.4 is 9.47 Å². The molecule has 0 aliphatic carbocycles. The molecular formula is C26H26N2O7. The van der Waals surface area contributed by atoms with Gasteiger partial charge in [-0.2, -0.15) is 0 Å². The molecule has 3 aliphatic rings. The molecule has 3 aliphatic heterocycles. The van der Waals surface area contributed by atoms with Crippen LogP contribution in [-0.2, 0) is 14.3 Å². The first kappa shape index (κ1) is 22.9. The minimum Gasteiger partial charge on any atom is -0.507 e. The molecule has 1 unspecified atom stereocenters. The zero-order valence-electron chi connectivity index (χ0n) is 19.4. The van der Waals surface area contributed by atoms with E-state index >= 15 is 0 Å². The molecule has 1 atom stereocenters. The summed E-state index contributed by atoms with van der Waals surface area (Å²) in [5, 5.41) is 11.2. The van der Waals surface area contributed by atoms with Crippen LogP contribution in [0.4, 0.5) is 0 Å². The van der Waals surface area contributed by atoms with E-state index in [9.17, 15) is 19.5 Å². The van der Waals surface area contributed by atoms with Crippen molar-refractivity contribution in [1.29, 1.82) is 0 Å². The Morgan fingerprint density at radius 3 is 2.40 bits per heavy atom. The highest BCUT2D eigenvalue weighted by Gasteiger charge is 2.46. The number of rotatable bonds is 6. The number of methoxy groups -OCH3 is 1. The Labute approximate surface area is 202 Å². The summed E-state index contributed by atoms with van der Waals surface area (Å²) >= 11 is 0. The molecule has 9 heteroatoms. The van der Waals surface area contributed by atoms with Crippen LogP contribution in [0.15, 0.2) is 48.0 Å². The summed E-state index contributed by atoms with van der Waals surface area (Å²) in [6.45, 7) is 2.96. The molecule has 0 spiro atoms. The summed E-state index contributed by atoms with van der Waals surface area (Å²) in [7, 11) is 1.30. The van der Waals surface area contributed by atoms with E-state index in [4.69, 9.17) is 14.2 Å². The fourth-order valence-electron chi connectivity index (χ4n) is 4.83. The second kappa shape index (κ2) is 9.42. The smallest absolute Gasteiger partial charge is 0.337 e. The summed E-state index contributed by atoms with van der Waals surface area (Å²) in [6.07, 6.45) is 2.22. The molecule has 0 bridgehead atoms. The van der Waals surface area contributed by atoms with Gasteiger partial charge in [-0.05, 0) is 61.8 Å². The predicted molar refractivity (Wildman–Crippen MR) is 125 cm³/mol. The number of esters is 1. The number of Topliss-reactive ketones (excluding diaryl/α,β-unsaturated/α-hetero) is 1. The second-order valence-corrected chi connectivity index (χ2v) is 8.72. The lowest BCUT2D eigenvalue weighted by atomic mass is 9.94.